The largest absolute Gasteiger partial charge is 0.251 e. The molecular formula is C15H18N2S. The van der Waals surface area contributed by atoms with Crippen LogP contribution in [0.25, 0.3) is 11.4 Å². The summed E-state index contributed by atoms with van der Waals surface area (Å²) in [7, 11) is 0. The Labute approximate surface area is 113 Å². The highest BCUT2D eigenvalue weighted by molar-refractivity contribution is 7.98. The molecule has 0 fully saturated rings. The van der Waals surface area contributed by atoms with Gasteiger partial charge >= 0.3 is 0 Å². The molecule has 0 aromatic carbocycles. The topological polar surface area (TPSA) is 25.8 Å². The number of hydrogen-bond acceptors (Lipinski definition) is 3. The highest BCUT2D eigenvalue weighted by Crippen LogP contribution is 2.19. The first-order valence-electron chi connectivity index (χ1n) is 6.16. The summed E-state index contributed by atoms with van der Waals surface area (Å²) in [6, 6.07) is 12.2. The second kappa shape index (κ2) is 6.01. The zero-order chi connectivity index (χ0) is 13.0. The molecule has 0 aliphatic rings. The summed E-state index contributed by atoms with van der Waals surface area (Å²) in [4.78, 5) is 9.27. The van der Waals surface area contributed by atoms with Crippen molar-refractivity contribution in [2.24, 2.45) is 5.92 Å². The molecule has 2 aromatic heterocycles. The van der Waals surface area contributed by atoms with Crippen LogP contribution in [-0.2, 0) is 6.42 Å². The van der Waals surface area contributed by atoms with Crippen LogP contribution in [0.1, 0.15) is 19.5 Å². The molecule has 0 spiro atoms. The summed E-state index contributed by atoms with van der Waals surface area (Å²) in [6.45, 7) is 4.42. The Kier molecular flexibility index (Phi) is 4.37. The molecule has 0 aliphatic carbocycles. The molecule has 2 aromatic rings. The van der Waals surface area contributed by atoms with Gasteiger partial charge in [0.1, 0.15) is 0 Å². The molecule has 0 radical (unpaired) electrons. The number of aromatic nitrogens is 2. The highest BCUT2D eigenvalue weighted by Gasteiger charge is 2.05. The van der Waals surface area contributed by atoms with E-state index in [2.05, 4.69) is 35.9 Å². The molecule has 0 saturated carbocycles. The minimum Gasteiger partial charge on any atom is -0.251 e. The maximum atomic E-state index is 4.69. The van der Waals surface area contributed by atoms with Crippen molar-refractivity contribution >= 4 is 11.8 Å². The lowest BCUT2D eigenvalue weighted by Crippen LogP contribution is -1.98. The van der Waals surface area contributed by atoms with Gasteiger partial charge in [-0.15, -0.1) is 11.8 Å². The van der Waals surface area contributed by atoms with Crippen LogP contribution >= 0.6 is 11.8 Å². The average molecular weight is 258 g/mol. The van der Waals surface area contributed by atoms with Crippen LogP contribution in [0.3, 0.4) is 0 Å². The summed E-state index contributed by atoms with van der Waals surface area (Å²) in [5, 5.41) is 1.03. The van der Waals surface area contributed by atoms with Crippen molar-refractivity contribution in [3.8, 4) is 11.4 Å². The number of nitrogens with zero attached hydrogens (tertiary/aromatic N) is 2. The molecule has 0 unspecified atom stereocenters. The molecule has 3 heteroatoms. The summed E-state index contributed by atoms with van der Waals surface area (Å²) < 4.78 is 0. The van der Waals surface area contributed by atoms with Gasteiger partial charge in [0.15, 0.2) is 0 Å². The number of hydrogen-bond donors (Lipinski definition) is 0. The lowest BCUT2D eigenvalue weighted by molar-refractivity contribution is 0.636. The molecule has 2 nitrogen and oxygen atoms in total. The van der Waals surface area contributed by atoms with E-state index in [0.717, 1.165) is 28.5 Å². The monoisotopic (exact) mass is 258 g/mol. The first-order chi connectivity index (χ1) is 8.69. The molecule has 2 rings (SSSR count). The van der Waals surface area contributed by atoms with Crippen LogP contribution in [0, 0.1) is 5.92 Å². The standard InChI is InChI=1S/C15H18N2S/c1-11(2)10-12-6-4-7-13(16-12)14-8-5-9-15(17-14)18-3/h4-9,11H,10H2,1-3H3. The molecular weight excluding hydrogens is 240 g/mol. The van der Waals surface area contributed by atoms with E-state index in [0.29, 0.717) is 5.92 Å². The fourth-order valence-corrected chi connectivity index (χ4v) is 2.23. The second-order valence-corrected chi connectivity index (χ2v) is 5.50. The van der Waals surface area contributed by atoms with E-state index in [1.54, 1.807) is 11.8 Å². The van der Waals surface area contributed by atoms with E-state index in [4.69, 9.17) is 0 Å². The van der Waals surface area contributed by atoms with E-state index in [1.807, 2.05) is 30.5 Å². The minimum atomic E-state index is 0.623. The van der Waals surface area contributed by atoms with Gasteiger partial charge < -0.3 is 0 Å². The van der Waals surface area contributed by atoms with Crippen molar-refractivity contribution in [1.82, 2.24) is 9.97 Å². The third-order valence-corrected chi connectivity index (χ3v) is 3.26. The first kappa shape index (κ1) is 13.1. The van der Waals surface area contributed by atoms with Crippen molar-refractivity contribution in [1.29, 1.82) is 0 Å². The van der Waals surface area contributed by atoms with Crippen molar-refractivity contribution in [3.63, 3.8) is 0 Å². The lowest BCUT2D eigenvalue weighted by atomic mass is 10.1. The fourth-order valence-electron chi connectivity index (χ4n) is 1.83. The van der Waals surface area contributed by atoms with Crippen LogP contribution in [0.4, 0.5) is 0 Å². The molecule has 0 N–H and O–H groups in total. The van der Waals surface area contributed by atoms with Gasteiger partial charge in [-0.05, 0) is 42.9 Å². The van der Waals surface area contributed by atoms with Gasteiger partial charge in [-0.3, -0.25) is 4.98 Å². The van der Waals surface area contributed by atoms with Crippen LogP contribution in [0.5, 0.6) is 0 Å². The highest BCUT2D eigenvalue weighted by atomic mass is 32.2. The summed E-state index contributed by atoms with van der Waals surface area (Å²) in [6.07, 6.45) is 3.05. The van der Waals surface area contributed by atoms with Crippen molar-refractivity contribution in [2.75, 3.05) is 6.26 Å². The first-order valence-corrected chi connectivity index (χ1v) is 7.39. The van der Waals surface area contributed by atoms with Gasteiger partial charge in [0, 0.05) is 5.69 Å². The Hall–Kier alpha value is -1.35. The molecule has 0 atom stereocenters. The van der Waals surface area contributed by atoms with Crippen LogP contribution in [-0.4, -0.2) is 16.2 Å². The molecule has 94 valence electrons. The maximum absolute atomic E-state index is 4.69. The average Bonchev–Trinajstić information content (AvgIpc) is 2.38. The second-order valence-electron chi connectivity index (χ2n) is 4.68. The van der Waals surface area contributed by atoms with Crippen LogP contribution in [0.15, 0.2) is 41.4 Å². The van der Waals surface area contributed by atoms with Crippen molar-refractivity contribution in [3.05, 3.63) is 42.1 Å². The van der Waals surface area contributed by atoms with Gasteiger partial charge in [-0.2, -0.15) is 0 Å². The zero-order valence-electron chi connectivity index (χ0n) is 11.1. The van der Waals surface area contributed by atoms with Gasteiger partial charge in [-0.25, -0.2) is 4.98 Å². The summed E-state index contributed by atoms with van der Waals surface area (Å²) in [5.74, 6) is 0.623. The van der Waals surface area contributed by atoms with E-state index in [-0.39, 0.29) is 0 Å². The number of rotatable bonds is 4. The van der Waals surface area contributed by atoms with Crippen LogP contribution < -0.4 is 0 Å². The lowest BCUT2D eigenvalue weighted by Gasteiger charge is -2.07. The molecule has 0 amide bonds. The van der Waals surface area contributed by atoms with E-state index in [1.165, 1.54) is 0 Å². The van der Waals surface area contributed by atoms with Crippen molar-refractivity contribution in [2.45, 2.75) is 25.3 Å². The number of pyridine rings is 2. The van der Waals surface area contributed by atoms with Gasteiger partial charge in [0.05, 0.1) is 16.4 Å². The minimum absolute atomic E-state index is 0.623. The number of thioether (sulfide) groups is 1. The van der Waals surface area contributed by atoms with Crippen molar-refractivity contribution < 1.29 is 0 Å². The zero-order valence-corrected chi connectivity index (χ0v) is 11.9. The maximum Gasteiger partial charge on any atom is 0.0965 e. The van der Waals surface area contributed by atoms with E-state index < -0.39 is 0 Å². The third kappa shape index (κ3) is 3.33. The molecule has 0 saturated heterocycles. The molecule has 0 aliphatic heterocycles. The third-order valence-electron chi connectivity index (χ3n) is 2.62. The van der Waals surface area contributed by atoms with Gasteiger partial charge in [0.2, 0.25) is 0 Å². The quantitative estimate of drug-likeness (QED) is 0.773. The molecule has 18 heavy (non-hydrogen) atoms. The normalized spacial score (nSPS) is 10.9. The van der Waals surface area contributed by atoms with Crippen LogP contribution in [0.2, 0.25) is 0 Å². The fraction of sp³-hybridized carbons (Fsp3) is 0.333. The summed E-state index contributed by atoms with van der Waals surface area (Å²) in [5.41, 5.74) is 3.05. The van der Waals surface area contributed by atoms with Gasteiger partial charge in [-0.1, -0.05) is 26.0 Å². The predicted molar refractivity (Wildman–Crippen MR) is 77.8 cm³/mol. The Morgan fingerprint density at radius 1 is 1.00 bits per heavy atom. The van der Waals surface area contributed by atoms with E-state index >= 15 is 0 Å². The summed E-state index contributed by atoms with van der Waals surface area (Å²) >= 11 is 1.65. The smallest absolute Gasteiger partial charge is 0.0965 e. The SMILES string of the molecule is CSc1cccc(-c2cccc(CC(C)C)n2)n1. The Morgan fingerprint density at radius 3 is 2.33 bits per heavy atom. The molecule has 0 bridgehead atoms. The Balaban J connectivity index is 2.32. The Morgan fingerprint density at radius 2 is 1.67 bits per heavy atom. The molecule has 2 heterocycles. The Bertz CT molecular complexity index is 523. The predicted octanol–water partition coefficient (Wildman–Crippen LogP) is 4.06. The van der Waals surface area contributed by atoms with E-state index in [9.17, 15) is 0 Å². The van der Waals surface area contributed by atoms with Gasteiger partial charge in [0.25, 0.3) is 0 Å².